The highest BCUT2D eigenvalue weighted by atomic mass is 16.5. The summed E-state index contributed by atoms with van der Waals surface area (Å²) >= 11 is 0. The largest absolute Gasteiger partial charge is 0.377 e. The van der Waals surface area contributed by atoms with E-state index < -0.39 is 0 Å². The summed E-state index contributed by atoms with van der Waals surface area (Å²) in [6.45, 7) is 5.43. The molecule has 0 aromatic carbocycles. The second-order valence-electron chi connectivity index (χ2n) is 7.75. The van der Waals surface area contributed by atoms with E-state index >= 15 is 0 Å². The van der Waals surface area contributed by atoms with Crippen molar-refractivity contribution in [2.45, 2.75) is 38.0 Å². The predicted octanol–water partition coefficient (Wildman–Crippen LogP) is 2.40. The molecule has 2 aliphatic rings. The van der Waals surface area contributed by atoms with Gasteiger partial charge in [0, 0.05) is 64.0 Å². The minimum atomic E-state index is 0.0796. The van der Waals surface area contributed by atoms with Crippen molar-refractivity contribution in [1.82, 2.24) is 19.7 Å². The van der Waals surface area contributed by atoms with E-state index in [1.807, 2.05) is 42.5 Å². The molecule has 0 saturated carbocycles. The van der Waals surface area contributed by atoms with Gasteiger partial charge in [-0.25, -0.2) is 0 Å². The molecule has 6 heteroatoms. The van der Waals surface area contributed by atoms with E-state index in [9.17, 15) is 0 Å². The van der Waals surface area contributed by atoms with E-state index in [1.54, 1.807) is 0 Å². The fourth-order valence-corrected chi connectivity index (χ4v) is 4.21. The molecule has 4 rings (SSSR count). The zero-order valence-corrected chi connectivity index (χ0v) is 15.5. The van der Waals surface area contributed by atoms with E-state index in [0.29, 0.717) is 12.5 Å². The van der Waals surface area contributed by atoms with Gasteiger partial charge in [-0.15, -0.1) is 0 Å². The maximum absolute atomic E-state index is 6.17. The first-order chi connectivity index (χ1) is 12.7. The first kappa shape index (κ1) is 17.6. The van der Waals surface area contributed by atoms with Crippen LogP contribution in [0.4, 0.5) is 0 Å². The van der Waals surface area contributed by atoms with Crippen molar-refractivity contribution >= 4 is 0 Å². The van der Waals surface area contributed by atoms with E-state index in [1.165, 1.54) is 11.1 Å². The molecule has 2 aromatic heterocycles. The van der Waals surface area contributed by atoms with E-state index in [0.717, 1.165) is 52.1 Å². The molecule has 4 heterocycles. The molecule has 2 saturated heterocycles. The van der Waals surface area contributed by atoms with Crippen LogP contribution >= 0.6 is 0 Å². The molecule has 1 spiro atoms. The van der Waals surface area contributed by atoms with Gasteiger partial charge < -0.3 is 9.47 Å². The lowest BCUT2D eigenvalue weighted by Crippen LogP contribution is -2.64. The Morgan fingerprint density at radius 2 is 2.12 bits per heavy atom. The van der Waals surface area contributed by atoms with Gasteiger partial charge in [-0.3, -0.25) is 14.6 Å². The highest BCUT2D eigenvalue weighted by Crippen LogP contribution is 2.38. The zero-order valence-electron chi connectivity index (χ0n) is 15.5. The van der Waals surface area contributed by atoms with E-state index in [2.05, 4.69) is 21.2 Å². The smallest absolute Gasteiger partial charge is 0.0937 e. The standard InChI is InChI=1S/C20H28N4O2/c1-23-12-19(11-22-23)13-24-15-20(16-24)10-17(5-9-26-20)4-8-25-14-18-2-6-21-7-3-18/h2-3,6-7,11-12,17H,4-5,8-10,13-16H2,1H3. The number of likely N-dealkylation sites (tertiary alicyclic amines) is 1. The number of nitrogens with zero attached hydrogens (tertiary/aromatic N) is 4. The SMILES string of the molecule is Cn1cc(CN2CC3(CC(CCOCc4ccncc4)CCO3)C2)cn1. The third-order valence-electron chi connectivity index (χ3n) is 5.47. The normalized spacial score (nSPS) is 22.4. The molecule has 1 atom stereocenters. The Balaban J connectivity index is 1.18. The second-order valence-corrected chi connectivity index (χ2v) is 7.75. The van der Waals surface area contributed by atoms with Gasteiger partial charge in [0.15, 0.2) is 0 Å². The van der Waals surface area contributed by atoms with E-state index in [4.69, 9.17) is 9.47 Å². The van der Waals surface area contributed by atoms with Crippen molar-refractivity contribution in [3.63, 3.8) is 0 Å². The molecule has 26 heavy (non-hydrogen) atoms. The predicted molar refractivity (Wildman–Crippen MR) is 98.4 cm³/mol. The van der Waals surface area contributed by atoms with Crippen LogP contribution in [0.3, 0.4) is 0 Å². The average Bonchev–Trinajstić information content (AvgIpc) is 3.04. The summed E-state index contributed by atoms with van der Waals surface area (Å²) in [6, 6.07) is 4.02. The summed E-state index contributed by atoms with van der Waals surface area (Å²) in [5.74, 6) is 0.710. The first-order valence-electron chi connectivity index (χ1n) is 9.51. The van der Waals surface area contributed by atoms with Gasteiger partial charge in [-0.05, 0) is 42.9 Å². The van der Waals surface area contributed by atoms with Crippen LogP contribution in [0.15, 0.2) is 36.9 Å². The molecule has 140 valence electrons. The van der Waals surface area contributed by atoms with Gasteiger partial charge in [0.2, 0.25) is 0 Å². The maximum Gasteiger partial charge on any atom is 0.0937 e. The molecule has 0 aliphatic carbocycles. The number of pyridine rings is 1. The monoisotopic (exact) mass is 356 g/mol. The molecule has 2 aliphatic heterocycles. The number of aromatic nitrogens is 3. The zero-order chi connectivity index (χ0) is 17.8. The lowest BCUT2D eigenvalue weighted by atomic mass is 9.79. The van der Waals surface area contributed by atoms with Gasteiger partial charge in [0.05, 0.1) is 18.4 Å². The Morgan fingerprint density at radius 3 is 2.88 bits per heavy atom. The van der Waals surface area contributed by atoms with Gasteiger partial charge in [0.25, 0.3) is 0 Å². The third kappa shape index (κ3) is 4.31. The van der Waals surface area contributed by atoms with Crippen LogP contribution in [-0.2, 0) is 29.7 Å². The van der Waals surface area contributed by atoms with Crippen molar-refractivity contribution in [3.05, 3.63) is 48.0 Å². The highest BCUT2D eigenvalue weighted by Gasteiger charge is 2.47. The van der Waals surface area contributed by atoms with Crippen LogP contribution in [0.5, 0.6) is 0 Å². The quantitative estimate of drug-likeness (QED) is 0.713. The summed E-state index contributed by atoms with van der Waals surface area (Å²) in [5.41, 5.74) is 2.55. The summed E-state index contributed by atoms with van der Waals surface area (Å²) in [4.78, 5) is 6.49. The van der Waals surface area contributed by atoms with Crippen LogP contribution in [-0.4, -0.2) is 51.6 Å². The fourth-order valence-electron chi connectivity index (χ4n) is 4.21. The molecule has 0 amide bonds. The Morgan fingerprint density at radius 1 is 1.27 bits per heavy atom. The Kier molecular flexibility index (Phi) is 5.33. The highest BCUT2D eigenvalue weighted by molar-refractivity contribution is 5.09. The Hall–Kier alpha value is -1.76. The number of rotatable bonds is 7. The minimum Gasteiger partial charge on any atom is -0.377 e. The minimum absolute atomic E-state index is 0.0796. The van der Waals surface area contributed by atoms with Crippen molar-refractivity contribution in [1.29, 1.82) is 0 Å². The van der Waals surface area contributed by atoms with Crippen LogP contribution in [0.2, 0.25) is 0 Å². The van der Waals surface area contributed by atoms with Crippen molar-refractivity contribution in [3.8, 4) is 0 Å². The summed E-state index contributed by atoms with van der Waals surface area (Å²) < 4.78 is 13.9. The van der Waals surface area contributed by atoms with Gasteiger partial charge in [-0.2, -0.15) is 5.10 Å². The van der Waals surface area contributed by atoms with Crippen molar-refractivity contribution in [2.75, 3.05) is 26.3 Å². The molecule has 0 radical (unpaired) electrons. The number of hydrogen-bond acceptors (Lipinski definition) is 5. The molecule has 2 fully saturated rings. The van der Waals surface area contributed by atoms with Crippen LogP contribution in [0, 0.1) is 5.92 Å². The van der Waals surface area contributed by atoms with Crippen LogP contribution < -0.4 is 0 Å². The van der Waals surface area contributed by atoms with Gasteiger partial charge >= 0.3 is 0 Å². The topological polar surface area (TPSA) is 52.4 Å². The van der Waals surface area contributed by atoms with Gasteiger partial charge in [0.1, 0.15) is 0 Å². The van der Waals surface area contributed by atoms with Crippen molar-refractivity contribution in [2.24, 2.45) is 13.0 Å². The van der Waals surface area contributed by atoms with Crippen molar-refractivity contribution < 1.29 is 9.47 Å². The molecular weight excluding hydrogens is 328 g/mol. The average molecular weight is 356 g/mol. The van der Waals surface area contributed by atoms with Crippen LogP contribution in [0.25, 0.3) is 0 Å². The molecule has 0 N–H and O–H groups in total. The number of hydrogen-bond donors (Lipinski definition) is 0. The van der Waals surface area contributed by atoms with E-state index in [-0.39, 0.29) is 5.60 Å². The fraction of sp³-hybridized carbons (Fsp3) is 0.600. The maximum atomic E-state index is 6.17. The lowest BCUT2D eigenvalue weighted by molar-refractivity contribution is -0.182. The Labute approximate surface area is 155 Å². The molecular formula is C20H28N4O2. The molecule has 6 nitrogen and oxygen atoms in total. The van der Waals surface area contributed by atoms with Gasteiger partial charge in [-0.1, -0.05) is 0 Å². The number of aryl methyl sites for hydroxylation is 1. The molecule has 1 unspecified atom stereocenters. The number of ether oxygens (including phenoxy) is 2. The third-order valence-corrected chi connectivity index (χ3v) is 5.47. The first-order valence-corrected chi connectivity index (χ1v) is 9.51. The summed E-state index contributed by atoms with van der Waals surface area (Å²) in [7, 11) is 1.96. The lowest BCUT2D eigenvalue weighted by Gasteiger charge is -2.53. The second kappa shape index (κ2) is 7.86. The summed E-state index contributed by atoms with van der Waals surface area (Å²) in [5, 5.41) is 4.25. The van der Waals surface area contributed by atoms with Crippen LogP contribution in [0.1, 0.15) is 30.4 Å². The molecule has 2 aromatic rings. The molecule has 0 bridgehead atoms. The Bertz CT molecular complexity index is 697. The summed E-state index contributed by atoms with van der Waals surface area (Å²) in [6.07, 6.45) is 11.1.